The maximum Gasteiger partial charge on any atom is 0.246 e. The van der Waals surface area contributed by atoms with Gasteiger partial charge in [0.25, 0.3) is 0 Å². The van der Waals surface area contributed by atoms with Gasteiger partial charge in [-0.05, 0) is 42.9 Å². The molecule has 2 aliphatic carbocycles. The van der Waals surface area contributed by atoms with Crippen LogP contribution in [0.25, 0.3) is 0 Å². The molecule has 0 heterocycles. The number of hydrogen-bond acceptors (Lipinski definition) is 2. The van der Waals surface area contributed by atoms with Crippen LogP contribution in [0.3, 0.4) is 0 Å². The molecule has 2 bridgehead atoms. The van der Waals surface area contributed by atoms with E-state index in [2.05, 4.69) is 26.1 Å². The SMILES string of the molecule is CCOCC(=O)NC1CC2CCC1(C)C2(C)C. The van der Waals surface area contributed by atoms with Gasteiger partial charge in [0, 0.05) is 12.6 Å². The van der Waals surface area contributed by atoms with E-state index in [1.165, 1.54) is 12.8 Å². The van der Waals surface area contributed by atoms with Gasteiger partial charge in [-0.2, -0.15) is 0 Å². The lowest BCUT2D eigenvalue weighted by molar-refractivity contribution is -0.127. The summed E-state index contributed by atoms with van der Waals surface area (Å²) >= 11 is 0. The lowest BCUT2D eigenvalue weighted by Gasteiger charge is -2.39. The van der Waals surface area contributed by atoms with Crippen LogP contribution in [-0.4, -0.2) is 25.2 Å². The number of ether oxygens (including phenoxy) is 1. The Bertz CT molecular complexity index is 313. The Morgan fingerprint density at radius 3 is 2.59 bits per heavy atom. The number of fused-ring (bicyclic) bond motifs is 2. The molecule has 0 spiro atoms. The minimum absolute atomic E-state index is 0.0430. The average molecular weight is 239 g/mol. The lowest BCUT2D eigenvalue weighted by Crippen LogP contribution is -2.47. The van der Waals surface area contributed by atoms with Crippen molar-refractivity contribution in [3.05, 3.63) is 0 Å². The van der Waals surface area contributed by atoms with Crippen molar-refractivity contribution in [1.82, 2.24) is 5.32 Å². The molecule has 0 aromatic heterocycles. The third kappa shape index (κ3) is 1.88. The molecule has 1 N–H and O–H groups in total. The highest BCUT2D eigenvalue weighted by atomic mass is 16.5. The van der Waals surface area contributed by atoms with Gasteiger partial charge >= 0.3 is 0 Å². The molecule has 98 valence electrons. The molecule has 17 heavy (non-hydrogen) atoms. The maximum atomic E-state index is 11.8. The van der Waals surface area contributed by atoms with Gasteiger partial charge < -0.3 is 10.1 Å². The van der Waals surface area contributed by atoms with E-state index in [4.69, 9.17) is 4.74 Å². The fraction of sp³-hybridized carbons (Fsp3) is 0.929. The minimum Gasteiger partial charge on any atom is -0.372 e. The summed E-state index contributed by atoms with van der Waals surface area (Å²) in [7, 11) is 0. The highest BCUT2D eigenvalue weighted by Gasteiger charge is 2.61. The molecule has 3 heteroatoms. The van der Waals surface area contributed by atoms with Crippen molar-refractivity contribution in [2.75, 3.05) is 13.2 Å². The topological polar surface area (TPSA) is 38.3 Å². The molecular formula is C14H25NO2. The lowest BCUT2D eigenvalue weighted by atomic mass is 9.69. The van der Waals surface area contributed by atoms with E-state index in [-0.39, 0.29) is 17.9 Å². The van der Waals surface area contributed by atoms with Crippen LogP contribution >= 0.6 is 0 Å². The van der Waals surface area contributed by atoms with Crippen molar-refractivity contribution < 1.29 is 9.53 Å². The van der Waals surface area contributed by atoms with Gasteiger partial charge in [0.2, 0.25) is 5.91 Å². The fourth-order valence-electron chi connectivity index (χ4n) is 3.85. The molecule has 2 aliphatic rings. The molecule has 0 aromatic carbocycles. The Balaban J connectivity index is 1.98. The van der Waals surface area contributed by atoms with E-state index in [0.717, 1.165) is 12.3 Å². The number of amides is 1. The summed E-state index contributed by atoms with van der Waals surface area (Å²) in [5, 5.41) is 3.18. The van der Waals surface area contributed by atoms with Gasteiger partial charge in [0.15, 0.2) is 0 Å². The third-order valence-electron chi connectivity index (χ3n) is 5.57. The zero-order chi connectivity index (χ0) is 12.7. The number of nitrogens with one attached hydrogen (secondary N) is 1. The van der Waals surface area contributed by atoms with E-state index in [1.807, 2.05) is 6.92 Å². The van der Waals surface area contributed by atoms with Crippen LogP contribution in [0.15, 0.2) is 0 Å². The molecule has 3 nitrogen and oxygen atoms in total. The van der Waals surface area contributed by atoms with E-state index < -0.39 is 0 Å². The summed E-state index contributed by atoms with van der Waals surface area (Å²) in [6, 6.07) is 0.337. The third-order valence-corrected chi connectivity index (χ3v) is 5.57. The number of rotatable bonds is 4. The molecule has 2 rings (SSSR count). The first-order chi connectivity index (χ1) is 7.91. The van der Waals surface area contributed by atoms with E-state index in [0.29, 0.717) is 18.1 Å². The van der Waals surface area contributed by atoms with E-state index >= 15 is 0 Å². The average Bonchev–Trinajstić information content (AvgIpc) is 2.59. The second kappa shape index (κ2) is 4.27. The summed E-state index contributed by atoms with van der Waals surface area (Å²) in [4.78, 5) is 11.8. The Morgan fingerprint density at radius 2 is 2.12 bits per heavy atom. The van der Waals surface area contributed by atoms with Gasteiger partial charge in [-0.25, -0.2) is 0 Å². The summed E-state index contributed by atoms with van der Waals surface area (Å²) < 4.78 is 5.16. The van der Waals surface area contributed by atoms with Crippen molar-refractivity contribution >= 4 is 5.91 Å². The molecule has 0 aromatic rings. The quantitative estimate of drug-likeness (QED) is 0.818. The predicted octanol–water partition coefficient (Wildman–Crippen LogP) is 2.35. The molecule has 3 unspecified atom stereocenters. The molecule has 0 aliphatic heterocycles. The number of carbonyl (C=O) groups excluding carboxylic acids is 1. The first-order valence-electron chi connectivity index (χ1n) is 6.79. The maximum absolute atomic E-state index is 11.8. The molecule has 0 saturated heterocycles. The Kier molecular flexibility index (Phi) is 3.23. The molecule has 2 fully saturated rings. The summed E-state index contributed by atoms with van der Waals surface area (Å²) in [5.74, 6) is 0.811. The molecule has 0 radical (unpaired) electrons. The summed E-state index contributed by atoms with van der Waals surface area (Å²) in [6.45, 7) is 9.78. The first-order valence-corrected chi connectivity index (χ1v) is 6.79. The summed E-state index contributed by atoms with van der Waals surface area (Å²) in [6.07, 6.45) is 3.70. The largest absolute Gasteiger partial charge is 0.372 e. The Hall–Kier alpha value is -0.570. The van der Waals surface area contributed by atoms with Crippen LogP contribution in [0.2, 0.25) is 0 Å². The predicted molar refractivity (Wildman–Crippen MR) is 67.7 cm³/mol. The zero-order valence-corrected chi connectivity index (χ0v) is 11.5. The molecule has 1 amide bonds. The second-order valence-electron chi connectivity index (χ2n) is 6.37. The molecule has 2 saturated carbocycles. The van der Waals surface area contributed by atoms with Crippen LogP contribution in [0.4, 0.5) is 0 Å². The number of carbonyl (C=O) groups is 1. The van der Waals surface area contributed by atoms with E-state index in [9.17, 15) is 4.79 Å². The smallest absolute Gasteiger partial charge is 0.246 e. The van der Waals surface area contributed by atoms with Gasteiger partial charge in [-0.15, -0.1) is 0 Å². The Morgan fingerprint density at radius 1 is 1.41 bits per heavy atom. The normalized spacial score (nSPS) is 38.4. The van der Waals surface area contributed by atoms with Crippen LogP contribution in [0.1, 0.15) is 47.0 Å². The van der Waals surface area contributed by atoms with Gasteiger partial charge in [-0.3, -0.25) is 4.79 Å². The zero-order valence-electron chi connectivity index (χ0n) is 11.5. The van der Waals surface area contributed by atoms with E-state index in [1.54, 1.807) is 0 Å². The van der Waals surface area contributed by atoms with Crippen molar-refractivity contribution in [2.24, 2.45) is 16.7 Å². The summed E-state index contributed by atoms with van der Waals surface area (Å²) in [5.41, 5.74) is 0.621. The van der Waals surface area contributed by atoms with Crippen LogP contribution in [0.5, 0.6) is 0 Å². The van der Waals surface area contributed by atoms with Gasteiger partial charge in [0.1, 0.15) is 6.61 Å². The minimum atomic E-state index is 0.0430. The highest BCUT2D eigenvalue weighted by Crippen LogP contribution is 2.65. The van der Waals surface area contributed by atoms with Gasteiger partial charge in [0.05, 0.1) is 0 Å². The highest BCUT2D eigenvalue weighted by molar-refractivity contribution is 5.77. The van der Waals surface area contributed by atoms with Crippen molar-refractivity contribution in [1.29, 1.82) is 0 Å². The Labute approximate surface area is 104 Å². The second-order valence-corrected chi connectivity index (χ2v) is 6.37. The monoisotopic (exact) mass is 239 g/mol. The van der Waals surface area contributed by atoms with Crippen molar-refractivity contribution in [3.8, 4) is 0 Å². The van der Waals surface area contributed by atoms with Crippen molar-refractivity contribution in [2.45, 2.75) is 53.0 Å². The van der Waals surface area contributed by atoms with Crippen molar-refractivity contribution in [3.63, 3.8) is 0 Å². The van der Waals surface area contributed by atoms with Crippen LogP contribution in [-0.2, 0) is 9.53 Å². The first kappa shape index (κ1) is 12.9. The molecular weight excluding hydrogens is 214 g/mol. The molecule has 3 atom stereocenters. The standard InChI is InChI=1S/C14H25NO2/c1-5-17-9-12(16)15-11-8-10-6-7-14(11,4)13(10,2)3/h10-11H,5-9H2,1-4H3,(H,15,16). The fourth-order valence-corrected chi connectivity index (χ4v) is 3.85. The van der Waals surface area contributed by atoms with Gasteiger partial charge in [-0.1, -0.05) is 20.8 Å². The van der Waals surface area contributed by atoms with Crippen LogP contribution in [0, 0.1) is 16.7 Å². The number of hydrogen-bond donors (Lipinski definition) is 1. The van der Waals surface area contributed by atoms with Crippen LogP contribution < -0.4 is 5.32 Å².